The summed E-state index contributed by atoms with van der Waals surface area (Å²) in [5, 5.41) is 6.70. The maximum Gasteiger partial charge on any atom is 0.253 e. The molecule has 0 saturated carbocycles. The quantitative estimate of drug-likeness (QED) is 0.208. The number of rotatable bonds is 9. The van der Waals surface area contributed by atoms with E-state index in [1.165, 1.54) is 0 Å². The highest BCUT2D eigenvalue weighted by molar-refractivity contribution is 14.0. The van der Waals surface area contributed by atoms with Crippen molar-refractivity contribution in [1.29, 1.82) is 0 Å². The first kappa shape index (κ1) is 27.2. The lowest BCUT2D eigenvalue weighted by Gasteiger charge is -2.14. The number of benzene rings is 2. The number of aliphatic imine (C=N–C) groups is 1. The van der Waals surface area contributed by atoms with Crippen molar-refractivity contribution in [3.8, 4) is 5.75 Å². The van der Waals surface area contributed by atoms with Crippen LogP contribution in [0.15, 0.2) is 76.3 Å². The van der Waals surface area contributed by atoms with Crippen LogP contribution < -0.4 is 15.4 Å². The van der Waals surface area contributed by atoms with E-state index in [-0.39, 0.29) is 36.0 Å². The van der Waals surface area contributed by atoms with Gasteiger partial charge in [-0.15, -0.1) is 24.0 Å². The fourth-order valence-corrected chi connectivity index (χ4v) is 3.11. The van der Waals surface area contributed by atoms with Crippen LogP contribution in [0.5, 0.6) is 5.75 Å². The van der Waals surface area contributed by atoms with Crippen molar-refractivity contribution in [2.75, 3.05) is 26.0 Å². The second kappa shape index (κ2) is 13.6. The Balaban J connectivity index is 0.00000408. The molecule has 2 N–H and O–H groups in total. The number of carbonyl (C=O) groups excluding carboxylic acids is 1. The average molecular weight is 576 g/mol. The molecule has 0 aliphatic rings. The summed E-state index contributed by atoms with van der Waals surface area (Å²) in [6.45, 7) is 5.15. The van der Waals surface area contributed by atoms with Crippen molar-refractivity contribution < 1.29 is 13.9 Å². The smallest absolute Gasteiger partial charge is 0.253 e. The molecule has 2 aromatic carbocycles. The predicted octanol–water partition coefficient (Wildman–Crippen LogP) is 5.19. The van der Waals surface area contributed by atoms with Crippen molar-refractivity contribution in [2.24, 2.45) is 4.99 Å². The Morgan fingerprint density at radius 2 is 1.76 bits per heavy atom. The monoisotopic (exact) mass is 576 g/mol. The topological polar surface area (TPSA) is 79.1 Å². The van der Waals surface area contributed by atoms with Gasteiger partial charge in [-0.2, -0.15) is 0 Å². The van der Waals surface area contributed by atoms with E-state index in [0.717, 1.165) is 29.2 Å². The largest absolute Gasteiger partial charge is 0.491 e. The van der Waals surface area contributed by atoms with Crippen molar-refractivity contribution in [2.45, 2.75) is 32.9 Å². The molecule has 0 fully saturated rings. The van der Waals surface area contributed by atoms with E-state index >= 15 is 0 Å². The zero-order valence-corrected chi connectivity index (χ0v) is 22.4. The summed E-state index contributed by atoms with van der Waals surface area (Å²) >= 11 is 0. The van der Waals surface area contributed by atoms with Crippen LogP contribution in [0, 0.1) is 0 Å². The van der Waals surface area contributed by atoms with Gasteiger partial charge in [0.15, 0.2) is 5.96 Å². The number of halogens is 1. The van der Waals surface area contributed by atoms with Crippen LogP contribution in [0.3, 0.4) is 0 Å². The molecule has 8 heteroatoms. The van der Waals surface area contributed by atoms with E-state index in [4.69, 9.17) is 14.1 Å². The minimum absolute atomic E-state index is 0. The van der Waals surface area contributed by atoms with E-state index < -0.39 is 0 Å². The zero-order chi connectivity index (χ0) is 23.6. The highest BCUT2D eigenvalue weighted by atomic mass is 127. The lowest BCUT2D eigenvalue weighted by molar-refractivity contribution is 0.0827. The van der Waals surface area contributed by atoms with Gasteiger partial charge < -0.3 is 24.7 Å². The van der Waals surface area contributed by atoms with Gasteiger partial charge in [0.05, 0.1) is 18.9 Å². The summed E-state index contributed by atoms with van der Waals surface area (Å²) in [5.41, 5.74) is 2.58. The third-order valence-corrected chi connectivity index (χ3v) is 4.76. The number of amides is 1. The Hall–Kier alpha value is -3.01. The lowest BCUT2D eigenvalue weighted by atomic mass is 10.1. The van der Waals surface area contributed by atoms with Gasteiger partial charge in [0.25, 0.3) is 5.91 Å². The molecular weight excluding hydrogens is 543 g/mol. The Bertz CT molecular complexity index is 1030. The number of hydrogen-bond donors (Lipinski definition) is 2. The van der Waals surface area contributed by atoms with Crippen LogP contribution in [0.4, 0.5) is 5.69 Å². The molecule has 3 aromatic rings. The molecular formula is C26H33IN4O3. The van der Waals surface area contributed by atoms with Gasteiger partial charge in [-0.05, 0) is 67.9 Å². The first-order chi connectivity index (χ1) is 15.9. The standard InChI is InChI=1S/C26H32N4O3.HI/c1-19(2)33-24-13-11-22(12-14-24)29-26(27-16-15-23-6-5-17-32-23)28-18-20-7-9-21(10-8-20)25(31)30(3)4;/h5-14,17,19H,15-16,18H2,1-4H3,(H2,27,28,29);1H. The van der Waals surface area contributed by atoms with Crippen LogP contribution >= 0.6 is 24.0 Å². The first-order valence-electron chi connectivity index (χ1n) is 11.1. The van der Waals surface area contributed by atoms with Gasteiger partial charge in [0.2, 0.25) is 0 Å². The lowest BCUT2D eigenvalue weighted by Crippen LogP contribution is -2.32. The molecule has 3 rings (SSSR count). The third-order valence-electron chi connectivity index (χ3n) is 4.76. The molecule has 0 atom stereocenters. The Morgan fingerprint density at radius 1 is 1.06 bits per heavy atom. The molecule has 0 spiro atoms. The Kier molecular flexibility index (Phi) is 10.9. The highest BCUT2D eigenvalue weighted by Crippen LogP contribution is 2.17. The number of nitrogens with zero attached hydrogens (tertiary/aromatic N) is 2. The van der Waals surface area contributed by atoms with E-state index in [2.05, 4.69) is 10.6 Å². The van der Waals surface area contributed by atoms with Crippen molar-refractivity contribution in [3.05, 3.63) is 83.8 Å². The van der Waals surface area contributed by atoms with Gasteiger partial charge in [-0.1, -0.05) is 12.1 Å². The molecule has 0 aliphatic carbocycles. The molecule has 7 nitrogen and oxygen atoms in total. The SMILES string of the molecule is CC(C)Oc1ccc(NC(=NCc2ccc(C(=O)N(C)C)cc2)NCCc2ccco2)cc1.I. The summed E-state index contributed by atoms with van der Waals surface area (Å²) in [6.07, 6.45) is 2.55. The molecule has 1 aromatic heterocycles. The van der Waals surface area contributed by atoms with Gasteiger partial charge in [-0.3, -0.25) is 4.79 Å². The number of nitrogens with one attached hydrogen (secondary N) is 2. The van der Waals surface area contributed by atoms with Crippen LogP contribution in [0.1, 0.15) is 35.5 Å². The van der Waals surface area contributed by atoms with E-state index in [9.17, 15) is 4.79 Å². The highest BCUT2D eigenvalue weighted by Gasteiger charge is 2.08. The van der Waals surface area contributed by atoms with Crippen molar-refractivity contribution >= 4 is 41.5 Å². The second-order valence-electron chi connectivity index (χ2n) is 8.13. The molecule has 0 unspecified atom stereocenters. The summed E-state index contributed by atoms with van der Waals surface area (Å²) in [7, 11) is 3.49. The molecule has 0 radical (unpaired) electrons. The number of furan rings is 1. The molecule has 182 valence electrons. The third kappa shape index (κ3) is 8.74. The molecule has 0 aliphatic heterocycles. The summed E-state index contributed by atoms with van der Waals surface area (Å²) < 4.78 is 11.1. The predicted molar refractivity (Wildman–Crippen MR) is 147 cm³/mol. The van der Waals surface area contributed by atoms with Crippen LogP contribution in [-0.2, 0) is 13.0 Å². The fraction of sp³-hybridized carbons (Fsp3) is 0.308. The minimum atomic E-state index is -0.0168. The average Bonchev–Trinajstić information content (AvgIpc) is 3.31. The summed E-state index contributed by atoms with van der Waals surface area (Å²) in [6, 6.07) is 19.1. The van der Waals surface area contributed by atoms with Crippen molar-refractivity contribution in [3.63, 3.8) is 0 Å². The normalized spacial score (nSPS) is 11.0. The number of hydrogen-bond acceptors (Lipinski definition) is 4. The van der Waals surface area contributed by atoms with Gasteiger partial charge in [-0.25, -0.2) is 4.99 Å². The van der Waals surface area contributed by atoms with Gasteiger partial charge in [0.1, 0.15) is 11.5 Å². The second-order valence-corrected chi connectivity index (χ2v) is 8.13. The van der Waals surface area contributed by atoms with Crippen LogP contribution in [0.2, 0.25) is 0 Å². The Morgan fingerprint density at radius 3 is 2.35 bits per heavy atom. The molecule has 1 heterocycles. The molecule has 34 heavy (non-hydrogen) atoms. The maximum absolute atomic E-state index is 12.1. The number of guanidine groups is 1. The first-order valence-corrected chi connectivity index (χ1v) is 11.1. The Labute approximate surface area is 218 Å². The zero-order valence-electron chi connectivity index (χ0n) is 20.1. The molecule has 1 amide bonds. The molecule has 0 saturated heterocycles. The van der Waals surface area contributed by atoms with E-state index in [1.807, 2.05) is 74.5 Å². The fourth-order valence-electron chi connectivity index (χ4n) is 3.11. The van der Waals surface area contributed by atoms with Gasteiger partial charge in [0, 0.05) is 38.3 Å². The summed E-state index contributed by atoms with van der Waals surface area (Å²) in [4.78, 5) is 18.4. The van der Waals surface area contributed by atoms with Crippen molar-refractivity contribution in [1.82, 2.24) is 10.2 Å². The van der Waals surface area contributed by atoms with E-state index in [0.29, 0.717) is 24.6 Å². The number of ether oxygens (including phenoxy) is 1. The number of carbonyl (C=O) groups is 1. The summed E-state index contributed by atoms with van der Waals surface area (Å²) in [5.74, 6) is 2.38. The van der Waals surface area contributed by atoms with Crippen LogP contribution in [0.25, 0.3) is 0 Å². The molecule has 0 bridgehead atoms. The number of anilines is 1. The van der Waals surface area contributed by atoms with E-state index in [1.54, 1.807) is 25.3 Å². The van der Waals surface area contributed by atoms with Gasteiger partial charge >= 0.3 is 0 Å². The van der Waals surface area contributed by atoms with Crippen LogP contribution in [-0.4, -0.2) is 43.5 Å². The maximum atomic E-state index is 12.1. The minimum Gasteiger partial charge on any atom is -0.491 e.